The average Bonchev–Trinajstić information content (AvgIpc) is 2.35. The summed E-state index contributed by atoms with van der Waals surface area (Å²) in [5.41, 5.74) is 7.04. The van der Waals surface area contributed by atoms with Gasteiger partial charge in [-0.1, -0.05) is 12.1 Å². The molecule has 0 heterocycles. The first-order valence-electron chi connectivity index (χ1n) is 5.79. The first kappa shape index (κ1) is 15.1. The molecule has 0 saturated heterocycles. The van der Waals surface area contributed by atoms with Gasteiger partial charge in [0.2, 0.25) is 10.0 Å². The van der Waals surface area contributed by atoms with Crippen molar-refractivity contribution in [2.24, 2.45) is 5.73 Å². The number of aryl methyl sites for hydroxylation is 1. The van der Waals surface area contributed by atoms with Crippen LogP contribution in [0.3, 0.4) is 0 Å². The van der Waals surface area contributed by atoms with E-state index in [2.05, 4.69) is 4.72 Å². The Hall–Kier alpha value is -0.950. The number of nitrogens with one attached hydrogen (secondary N) is 1. The van der Waals surface area contributed by atoms with Gasteiger partial charge in [0.05, 0.1) is 4.90 Å². The van der Waals surface area contributed by atoms with Gasteiger partial charge in [-0.05, 0) is 30.5 Å². The molecule has 102 valence electrons. The summed E-state index contributed by atoms with van der Waals surface area (Å²) in [6.45, 7) is 2.99. The second-order valence-corrected chi connectivity index (χ2v) is 5.78. The molecule has 1 aromatic rings. The first-order valence-corrected chi connectivity index (χ1v) is 7.28. The number of sulfonamides is 1. The SMILES string of the molecule is COCCCNS(=O)(=O)c1cc(CN)ccc1C. The zero-order valence-corrected chi connectivity index (χ0v) is 11.6. The third-order valence-electron chi connectivity index (χ3n) is 2.60. The van der Waals surface area contributed by atoms with Crippen LogP contribution in [0.2, 0.25) is 0 Å². The van der Waals surface area contributed by atoms with Gasteiger partial charge in [0.1, 0.15) is 0 Å². The molecule has 0 aliphatic heterocycles. The Kier molecular flexibility index (Phi) is 5.74. The van der Waals surface area contributed by atoms with Crippen molar-refractivity contribution in [2.45, 2.75) is 24.8 Å². The van der Waals surface area contributed by atoms with E-state index in [0.717, 1.165) is 5.56 Å². The summed E-state index contributed by atoms with van der Waals surface area (Å²) in [6.07, 6.45) is 0.644. The number of benzene rings is 1. The molecule has 0 aliphatic carbocycles. The highest BCUT2D eigenvalue weighted by Crippen LogP contribution is 2.16. The average molecular weight is 272 g/mol. The van der Waals surface area contributed by atoms with Crippen LogP contribution in [-0.4, -0.2) is 28.7 Å². The highest BCUT2D eigenvalue weighted by Gasteiger charge is 2.16. The number of methoxy groups -OCH3 is 1. The van der Waals surface area contributed by atoms with Crippen LogP contribution in [0.1, 0.15) is 17.5 Å². The van der Waals surface area contributed by atoms with Crippen molar-refractivity contribution in [3.63, 3.8) is 0 Å². The summed E-state index contributed by atoms with van der Waals surface area (Å²) in [5, 5.41) is 0. The lowest BCUT2D eigenvalue weighted by molar-refractivity contribution is 0.196. The molecule has 0 fully saturated rings. The van der Waals surface area contributed by atoms with E-state index < -0.39 is 10.0 Å². The Labute approximate surface area is 108 Å². The van der Waals surface area contributed by atoms with Crippen LogP contribution in [0, 0.1) is 6.92 Å². The second kappa shape index (κ2) is 6.84. The molecular formula is C12H20N2O3S. The molecule has 1 aromatic carbocycles. The van der Waals surface area contributed by atoms with Crippen LogP contribution < -0.4 is 10.5 Å². The Morgan fingerprint density at radius 3 is 2.72 bits per heavy atom. The first-order chi connectivity index (χ1) is 8.51. The summed E-state index contributed by atoms with van der Waals surface area (Å²) >= 11 is 0. The van der Waals surface area contributed by atoms with Gasteiger partial charge in [0, 0.05) is 26.8 Å². The van der Waals surface area contributed by atoms with E-state index in [1.807, 2.05) is 6.07 Å². The van der Waals surface area contributed by atoms with Gasteiger partial charge in [0.25, 0.3) is 0 Å². The summed E-state index contributed by atoms with van der Waals surface area (Å²) in [7, 11) is -1.88. The molecular weight excluding hydrogens is 252 g/mol. The van der Waals surface area contributed by atoms with Gasteiger partial charge in [-0.15, -0.1) is 0 Å². The molecule has 3 N–H and O–H groups in total. The number of rotatable bonds is 7. The predicted octanol–water partition coefficient (Wildman–Crippen LogP) is 0.769. The van der Waals surface area contributed by atoms with Crippen molar-refractivity contribution < 1.29 is 13.2 Å². The van der Waals surface area contributed by atoms with Crippen LogP contribution in [0.5, 0.6) is 0 Å². The largest absolute Gasteiger partial charge is 0.385 e. The fraction of sp³-hybridized carbons (Fsp3) is 0.500. The van der Waals surface area contributed by atoms with Crippen LogP contribution in [0.25, 0.3) is 0 Å². The van der Waals surface area contributed by atoms with E-state index in [4.69, 9.17) is 10.5 Å². The normalized spacial score (nSPS) is 11.7. The maximum absolute atomic E-state index is 12.1. The zero-order valence-electron chi connectivity index (χ0n) is 10.8. The molecule has 0 bridgehead atoms. The maximum atomic E-state index is 12.1. The van der Waals surface area contributed by atoms with E-state index >= 15 is 0 Å². The number of hydrogen-bond donors (Lipinski definition) is 2. The minimum absolute atomic E-state index is 0.294. The zero-order chi connectivity index (χ0) is 13.6. The molecule has 6 heteroatoms. The lowest BCUT2D eigenvalue weighted by Gasteiger charge is -2.10. The highest BCUT2D eigenvalue weighted by atomic mass is 32.2. The van der Waals surface area contributed by atoms with E-state index in [1.54, 1.807) is 26.2 Å². The standard InChI is InChI=1S/C12H20N2O3S/c1-10-4-5-11(9-13)8-12(10)18(15,16)14-6-3-7-17-2/h4-5,8,14H,3,6-7,9,13H2,1-2H3. The maximum Gasteiger partial charge on any atom is 0.240 e. The lowest BCUT2D eigenvalue weighted by atomic mass is 10.1. The Morgan fingerprint density at radius 2 is 2.11 bits per heavy atom. The minimum Gasteiger partial charge on any atom is -0.385 e. The van der Waals surface area contributed by atoms with Crippen LogP contribution >= 0.6 is 0 Å². The summed E-state index contributed by atoms with van der Waals surface area (Å²) in [6, 6.07) is 5.22. The Bertz CT molecular complexity index is 486. The number of ether oxygens (including phenoxy) is 1. The molecule has 0 saturated carbocycles. The molecule has 0 spiro atoms. The second-order valence-electron chi connectivity index (χ2n) is 4.05. The highest BCUT2D eigenvalue weighted by molar-refractivity contribution is 7.89. The number of nitrogens with two attached hydrogens (primary N) is 1. The van der Waals surface area contributed by atoms with E-state index in [0.29, 0.717) is 36.6 Å². The van der Waals surface area contributed by atoms with Gasteiger partial charge >= 0.3 is 0 Å². The molecule has 1 rings (SSSR count). The predicted molar refractivity (Wildman–Crippen MR) is 70.8 cm³/mol. The van der Waals surface area contributed by atoms with Gasteiger partial charge in [0.15, 0.2) is 0 Å². The molecule has 0 radical (unpaired) electrons. The minimum atomic E-state index is -3.47. The van der Waals surface area contributed by atoms with Gasteiger partial charge in [-0.25, -0.2) is 13.1 Å². The summed E-state index contributed by atoms with van der Waals surface area (Å²) in [4.78, 5) is 0.294. The quantitative estimate of drug-likeness (QED) is 0.718. The molecule has 5 nitrogen and oxygen atoms in total. The summed E-state index contributed by atoms with van der Waals surface area (Å²) < 4.78 is 31.6. The molecule has 0 aliphatic rings. The van der Waals surface area contributed by atoms with Crippen molar-refractivity contribution in [1.29, 1.82) is 0 Å². The number of hydrogen-bond acceptors (Lipinski definition) is 4. The van der Waals surface area contributed by atoms with E-state index in [9.17, 15) is 8.42 Å². The van der Waals surface area contributed by atoms with Crippen molar-refractivity contribution in [2.75, 3.05) is 20.3 Å². The third kappa shape index (κ3) is 4.06. The lowest BCUT2D eigenvalue weighted by Crippen LogP contribution is -2.26. The fourth-order valence-electron chi connectivity index (χ4n) is 1.56. The van der Waals surface area contributed by atoms with Crippen LogP contribution in [0.15, 0.2) is 23.1 Å². The summed E-state index contributed by atoms with van der Waals surface area (Å²) in [5.74, 6) is 0. The topological polar surface area (TPSA) is 81.4 Å². The van der Waals surface area contributed by atoms with Crippen LogP contribution in [0.4, 0.5) is 0 Å². The molecule has 0 aromatic heterocycles. The van der Waals surface area contributed by atoms with Crippen molar-refractivity contribution in [1.82, 2.24) is 4.72 Å². The van der Waals surface area contributed by atoms with E-state index in [1.165, 1.54) is 0 Å². The van der Waals surface area contributed by atoms with Crippen molar-refractivity contribution in [3.8, 4) is 0 Å². The smallest absolute Gasteiger partial charge is 0.240 e. The molecule has 18 heavy (non-hydrogen) atoms. The Morgan fingerprint density at radius 1 is 1.39 bits per heavy atom. The van der Waals surface area contributed by atoms with Gasteiger partial charge in [-0.2, -0.15) is 0 Å². The molecule has 0 amide bonds. The van der Waals surface area contributed by atoms with Crippen molar-refractivity contribution in [3.05, 3.63) is 29.3 Å². The molecule has 0 unspecified atom stereocenters. The van der Waals surface area contributed by atoms with Crippen molar-refractivity contribution >= 4 is 10.0 Å². The van der Waals surface area contributed by atoms with Gasteiger partial charge in [-0.3, -0.25) is 0 Å². The third-order valence-corrected chi connectivity index (χ3v) is 4.20. The van der Waals surface area contributed by atoms with E-state index in [-0.39, 0.29) is 0 Å². The van der Waals surface area contributed by atoms with Crippen LogP contribution in [-0.2, 0) is 21.3 Å². The monoisotopic (exact) mass is 272 g/mol. The Balaban J connectivity index is 2.83. The fourth-order valence-corrected chi connectivity index (χ4v) is 2.93. The van der Waals surface area contributed by atoms with Gasteiger partial charge < -0.3 is 10.5 Å². The molecule has 0 atom stereocenters.